The van der Waals surface area contributed by atoms with Gasteiger partial charge < -0.3 is 14.7 Å². The molecule has 4 heteroatoms. The zero-order valence-corrected chi connectivity index (χ0v) is 11.7. The molecule has 20 heavy (non-hydrogen) atoms. The fraction of sp³-hybridized carbons (Fsp3) is 0.250. The minimum Gasteiger partial charge on any atom is -0.453 e. The van der Waals surface area contributed by atoms with Crippen LogP contribution in [0.1, 0.15) is 13.8 Å². The summed E-state index contributed by atoms with van der Waals surface area (Å²) in [6.07, 6.45) is 0. The molecule has 0 unspecified atom stereocenters. The van der Waals surface area contributed by atoms with Crippen LogP contribution in [0.3, 0.4) is 0 Å². The van der Waals surface area contributed by atoms with Crippen LogP contribution in [0.2, 0.25) is 0 Å². The maximum Gasteiger partial charge on any atom is 0.155 e. The first-order chi connectivity index (χ1) is 9.71. The summed E-state index contributed by atoms with van der Waals surface area (Å²) in [6, 6.07) is 11.3. The van der Waals surface area contributed by atoms with Crippen molar-refractivity contribution in [1.29, 1.82) is 5.41 Å². The van der Waals surface area contributed by atoms with Gasteiger partial charge in [-0.05, 0) is 38.1 Å². The quantitative estimate of drug-likeness (QED) is 0.741. The lowest BCUT2D eigenvalue weighted by atomic mass is 10.2. The third-order valence-electron chi connectivity index (χ3n) is 3.49. The number of rotatable bonds is 3. The molecule has 102 valence electrons. The molecule has 3 rings (SSSR count). The summed E-state index contributed by atoms with van der Waals surface area (Å²) in [6.45, 7) is 6.19. The smallest absolute Gasteiger partial charge is 0.155 e. The van der Waals surface area contributed by atoms with E-state index >= 15 is 0 Å². The van der Waals surface area contributed by atoms with Gasteiger partial charge in [0.25, 0.3) is 0 Å². The van der Waals surface area contributed by atoms with Gasteiger partial charge in [-0.2, -0.15) is 0 Å². The topological polar surface area (TPSA) is 53.1 Å². The number of nitrogens with one attached hydrogen (secondary N) is 1. The van der Waals surface area contributed by atoms with E-state index < -0.39 is 0 Å². The highest BCUT2D eigenvalue weighted by Gasteiger charge is 2.10. The van der Waals surface area contributed by atoms with E-state index in [1.807, 2.05) is 18.2 Å². The first-order valence-corrected chi connectivity index (χ1v) is 6.85. The van der Waals surface area contributed by atoms with E-state index in [-0.39, 0.29) is 0 Å². The van der Waals surface area contributed by atoms with Crippen molar-refractivity contribution in [2.24, 2.45) is 0 Å². The third-order valence-corrected chi connectivity index (χ3v) is 3.49. The Kier molecular flexibility index (Phi) is 3.14. The summed E-state index contributed by atoms with van der Waals surface area (Å²) in [5, 5.41) is 8.09. The van der Waals surface area contributed by atoms with E-state index in [1.165, 1.54) is 0 Å². The van der Waals surface area contributed by atoms with Gasteiger partial charge in [0, 0.05) is 30.9 Å². The van der Waals surface area contributed by atoms with Gasteiger partial charge in [0.05, 0.1) is 5.36 Å². The molecule has 1 heterocycles. The van der Waals surface area contributed by atoms with Crippen molar-refractivity contribution in [3.8, 4) is 11.5 Å². The van der Waals surface area contributed by atoms with Gasteiger partial charge in [-0.3, -0.25) is 0 Å². The van der Waals surface area contributed by atoms with E-state index in [0.29, 0.717) is 11.1 Å². The van der Waals surface area contributed by atoms with Crippen LogP contribution in [-0.2, 0) is 0 Å². The van der Waals surface area contributed by atoms with Crippen LogP contribution in [0.15, 0.2) is 40.8 Å². The third kappa shape index (κ3) is 2.13. The van der Waals surface area contributed by atoms with Crippen molar-refractivity contribution in [2.75, 3.05) is 18.0 Å². The van der Waals surface area contributed by atoms with Crippen molar-refractivity contribution >= 4 is 16.8 Å². The second-order valence-electron chi connectivity index (χ2n) is 4.72. The van der Waals surface area contributed by atoms with Crippen LogP contribution in [0.5, 0.6) is 0 Å². The minimum absolute atomic E-state index is 0.433. The summed E-state index contributed by atoms with van der Waals surface area (Å²) >= 11 is 0. The lowest BCUT2D eigenvalue weighted by Gasteiger charge is -2.21. The molecule has 2 aliphatic rings. The van der Waals surface area contributed by atoms with Crippen LogP contribution in [-0.4, -0.2) is 18.1 Å². The van der Waals surface area contributed by atoms with Gasteiger partial charge in [-0.15, -0.1) is 0 Å². The molecule has 1 aromatic rings. The Bertz CT molecular complexity index is 774. The van der Waals surface area contributed by atoms with Crippen molar-refractivity contribution in [3.05, 3.63) is 41.8 Å². The van der Waals surface area contributed by atoms with Crippen molar-refractivity contribution in [2.45, 2.75) is 13.8 Å². The van der Waals surface area contributed by atoms with E-state index in [4.69, 9.17) is 9.83 Å². The van der Waals surface area contributed by atoms with Crippen LogP contribution < -0.4 is 10.3 Å². The fourth-order valence-corrected chi connectivity index (χ4v) is 2.40. The Morgan fingerprint density at radius 1 is 1.10 bits per heavy atom. The normalized spacial score (nSPS) is 11.1. The Morgan fingerprint density at radius 2 is 1.90 bits per heavy atom. The molecule has 0 saturated heterocycles. The Hall–Kier alpha value is -2.36. The van der Waals surface area contributed by atoms with E-state index in [1.54, 1.807) is 12.1 Å². The largest absolute Gasteiger partial charge is 0.453 e. The summed E-state index contributed by atoms with van der Waals surface area (Å²) in [5.74, 6) is 0.654. The van der Waals surface area contributed by atoms with E-state index in [9.17, 15) is 0 Å². The second kappa shape index (κ2) is 4.96. The number of hydrogen-bond donors (Lipinski definition) is 1. The standard InChI is InChI=1S/C16H17N3O/c1-3-19(4-2)12-6-8-14-16(10-12)20-15-9-11(17)5-7-13(15)18-14/h5-10,17H,3-4H2,1-2H3. The second-order valence-corrected chi connectivity index (χ2v) is 4.72. The van der Waals surface area contributed by atoms with Gasteiger partial charge >= 0.3 is 0 Å². The number of nitrogens with zero attached hydrogens (tertiary/aromatic N) is 2. The maximum absolute atomic E-state index is 7.66. The van der Waals surface area contributed by atoms with E-state index in [0.717, 1.165) is 35.6 Å². The van der Waals surface area contributed by atoms with E-state index in [2.05, 4.69) is 29.8 Å². The van der Waals surface area contributed by atoms with Crippen molar-refractivity contribution < 1.29 is 4.42 Å². The average molecular weight is 267 g/mol. The Balaban J connectivity index is 2.21. The highest BCUT2D eigenvalue weighted by Crippen LogP contribution is 2.26. The number of hydrogen-bond acceptors (Lipinski definition) is 4. The maximum atomic E-state index is 7.66. The fourth-order valence-electron chi connectivity index (χ4n) is 2.40. The molecule has 1 aromatic carbocycles. The van der Waals surface area contributed by atoms with Crippen LogP contribution in [0.4, 0.5) is 5.69 Å². The lowest BCUT2D eigenvalue weighted by molar-refractivity contribution is 0.612. The molecular formula is C16H17N3O. The van der Waals surface area contributed by atoms with Gasteiger partial charge in [-0.1, -0.05) is 0 Å². The van der Waals surface area contributed by atoms with Gasteiger partial charge in [0.2, 0.25) is 0 Å². The number of aromatic nitrogens is 1. The molecule has 1 N–H and O–H groups in total. The SMILES string of the molecule is CCN(CC)c1ccc2nc3ccc(=N)cc-3oc2c1. The zero-order valence-electron chi connectivity index (χ0n) is 11.7. The predicted molar refractivity (Wildman–Crippen MR) is 80.0 cm³/mol. The van der Waals surface area contributed by atoms with Crippen molar-refractivity contribution in [3.63, 3.8) is 0 Å². The minimum atomic E-state index is 0.433. The molecule has 0 bridgehead atoms. The first-order valence-electron chi connectivity index (χ1n) is 6.85. The molecule has 4 nitrogen and oxygen atoms in total. The van der Waals surface area contributed by atoms with Gasteiger partial charge in [0.15, 0.2) is 11.3 Å². The van der Waals surface area contributed by atoms with Crippen LogP contribution >= 0.6 is 0 Å². The summed E-state index contributed by atoms with van der Waals surface area (Å²) in [4.78, 5) is 6.84. The highest BCUT2D eigenvalue weighted by atomic mass is 16.3. The van der Waals surface area contributed by atoms with Crippen molar-refractivity contribution in [1.82, 2.24) is 4.98 Å². The number of benzene rings is 2. The molecule has 1 aliphatic heterocycles. The summed E-state index contributed by atoms with van der Waals surface area (Å²) in [7, 11) is 0. The molecular weight excluding hydrogens is 250 g/mol. The highest BCUT2D eigenvalue weighted by molar-refractivity contribution is 5.80. The molecule has 0 aromatic heterocycles. The predicted octanol–water partition coefficient (Wildman–Crippen LogP) is 3.26. The monoisotopic (exact) mass is 267 g/mol. The van der Waals surface area contributed by atoms with Gasteiger partial charge in [-0.25, -0.2) is 4.98 Å². The van der Waals surface area contributed by atoms with Crippen LogP contribution in [0, 0.1) is 5.41 Å². The molecule has 0 fully saturated rings. The summed E-state index contributed by atoms with van der Waals surface area (Å²) < 4.78 is 5.90. The molecule has 0 radical (unpaired) electrons. The Morgan fingerprint density at radius 3 is 2.65 bits per heavy atom. The number of anilines is 1. The van der Waals surface area contributed by atoms with Gasteiger partial charge in [0.1, 0.15) is 11.2 Å². The molecule has 1 aliphatic carbocycles. The molecule has 0 saturated carbocycles. The first kappa shape index (κ1) is 12.7. The summed E-state index contributed by atoms with van der Waals surface area (Å²) in [5.41, 5.74) is 3.51. The molecule has 0 atom stereocenters. The molecule has 0 spiro atoms. The molecule has 0 amide bonds. The van der Waals surface area contributed by atoms with Crippen LogP contribution in [0.25, 0.3) is 22.6 Å². The Labute approximate surface area is 117 Å². The lowest BCUT2D eigenvalue weighted by Crippen LogP contribution is -2.21. The average Bonchev–Trinajstić information content (AvgIpc) is 2.46. The number of fused-ring (bicyclic) bond motifs is 2. The zero-order chi connectivity index (χ0) is 14.1.